The van der Waals surface area contributed by atoms with Crippen molar-refractivity contribution in [2.75, 3.05) is 39.8 Å². The highest BCUT2D eigenvalue weighted by Gasteiger charge is 2.25. The summed E-state index contributed by atoms with van der Waals surface area (Å²) in [5.41, 5.74) is -0.638. The molecular weight excluding hydrogens is 204 g/mol. The van der Waals surface area contributed by atoms with Crippen LogP contribution in [0.3, 0.4) is 0 Å². The van der Waals surface area contributed by atoms with Crippen LogP contribution in [0.2, 0.25) is 0 Å². The molecule has 2 N–H and O–H groups in total. The van der Waals surface area contributed by atoms with Gasteiger partial charge in [0.1, 0.15) is 0 Å². The van der Waals surface area contributed by atoms with Crippen LogP contribution >= 0.6 is 0 Å². The van der Waals surface area contributed by atoms with E-state index in [0.717, 1.165) is 26.2 Å². The number of hydrogen-bond donors (Lipinski definition) is 2. The van der Waals surface area contributed by atoms with Crippen molar-refractivity contribution < 1.29 is 9.84 Å². The highest BCUT2D eigenvalue weighted by molar-refractivity contribution is 4.80. The molecule has 0 radical (unpaired) electrons. The molecule has 2 atom stereocenters. The minimum atomic E-state index is -0.638. The standard InChI is InChI=1S/C12H26N2O2/c1-10(2)12(3,15)9-13-7-11-8-14(4)5-6-16-11/h10-11,13,15H,5-9H2,1-4H3. The van der Waals surface area contributed by atoms with Crippen LogP contribution in [-0.2, 0) is 4.74 Å². The maximum atomic E-state index is 10.1. The lowest BCUT2D eigenvalue weighted by atomic mass is 9.92. The summed E-state index contributed by atoms with van der Waals surface area (Å²) in [6.45, 7) is 10.2. The lowest BCUT2D eigenvalue weighted by molar-refractivity contribution is -0.0259. The maximum Gasteiger partial charge on any atom is 0.0826 e. The molecule has 0 aromatic carbocycles. The summed E-state index contributed by atoms with van der Waals surface area (Å²) >= 11 is 0. The van der Waals surface area contributed by atoms with E-state index in [1.165, 1.54) is 0 Å². The Kier molecular flexibility index (Phi) is 5.18. The van der Waals surface area contributed by atoms with Gasteiger partial charge in [-0.1, -0.05) is 13.8 Å². The summed E-state index contributed by atoms with van der Waals surface area (Å²) in [7, 11) is 2.11. The molecular formula is C12H26N2O2. The molecule has 0 spiro atoms. The summed E-state index contributed by atoms with van der Waals surface area (Å²) in [5.74, 6) is 0.259. The van der Waals surface area contributed by atoms with Gasteiger partial charge >= 0.3 is 0 Å². The Bertz CT molecular complexity index is 207. The summed E-state index contributed by atoms with van der Waals surface area (Å²) in [6, 6.07) is 0. The van der Waals surface area contributed by atoms with Gasteiger partial charge in [0, 0.05) is 26.2 Å². The third-order valence-corrected chi connectivity index (χ3v) is 3.44. The van der Waals surface area contributed by atoms with Crippen LogP contribution < -0.4 is 5.32 Å². The van der Waals surface area contributed by atoms with E-state index in [-0.39, 0.29) is 12.0 Å². The van der Waals surface area contributed by atoms with E-state index in [9.17, 15) is 5.11 Å². The zero-order chi connectivity index (χ0) is 12.2. The van der Waals surface area contributed by atoms with Crippen molar-refractivity contribution >= 4 is 0 Å². The summed E-state index contributed by atoms with van der Waals surface area (Å²) in [6.07, 6.45) is 0.252. The second-order valence-electron chi connectivity index (χ2n) is 5.40. The molecule has 1 rings (SSSR count). The van der Waals surface area contributed by atoms with E-state index in [0.29, 0.717) is 6.54 Å². The summed E-state index contributed by atoms with van der Waals surface area (Å²) in [4.78, 5) is 2.27. The van der Waals surface area contributed by atoms with Gasteiger partial charge < -0.3 is 20.1 Å². The fourth-order valence-corrected chi connectivity index (χ4v) is 1.68. The van der Waals surface area contributed by atoms with Crippen molar-refractivity contribution in [3.63, 3.8) is 0 Å². The van der Waals surface area contributed by atoms with E-state index in [1.54, 1.807) is 0 Å². The number of nitrogens with one attached hydrogen (secondary N) is 1. The van der Waals surface area contributed by atoms with Gasteiger partial charge in [-0.2, -0.15) is 0 Å². The number of aliphatic hydroxyl groups is 1. The normalized spacial score (nSPS) is 27.0. The van der Waals surface area contributed by atoms with Gasteiger partial charge in [0.15, 0.2) is 0 Å². The van der Waals surface area contributed by atoms with Crippen LogP contribution in [0, 0.1) is 5.92 Å². The van der Waals surface area contributed by atoms with Crippen molar-refractivity contribution in [1.29, 1.82) is 0 Å². The Hall–Kier alpha value is -0.160. The van der Waals surface area contributed by atoms with E-state index < -0.39 is 5.60 Å². The lowest BCUT2D eigenvalue weighted by Gasteiger charge is -2.32. The smallest absolute Gasteiger partial charge is 0.0826 e. The van der Waals surface area contributed by atoms with Gasteiger partial charge in [-0.05, 0) is 19.9 Å². The van der Waals surface area contributed by atoms with E-state index in [1.807, 2.05) is 20.8 Å². The summed E-state index contributed by atoms with van der Waals surface area (Å²) < 4.78 is 5.64. The molecule has 0 saturated carbocycles. The highest BCUT2D eigenvalue weighted by atomic mass is 16.5. The molecule has 1 aliphatic heterocycles. The van der Waals surface area contributed by atoms with Crippen LogP contribution in [0.5, 0.6) is 0 Å². The molecule has 0 amide bonds. The van der Waals surface area contributed by atoms with Gasteiger partial charge in [-0.3, -0.25) is 0 Å². The molecule has 0 aliphatic carbocycles. The molecule has 1 heterocycles. The first-order valence-corrected chi connectivity index (χ1v) is 6.15. The Labute approximate surface area is 99.0 Å². The second kappa shape index (κ2) is 5.96. The molecule has 4 nitrogen and oxygen atoms in total. The zero-order valence-corrected chi connectivity index (χ0v) is 11.0. The molecule has 1 aliphatic rings. The first kappa shape index (κ1) is 13.9. The maximum absolute atomic E-state index is 10.1. The number of ether oxygens (including phenoxy) is 1. The number of rotatable bonds is 5. The van der Waals surface area contributed by atoms with Crippen molar-refractivity contribution in [2.24, 2.45) is 5.92 Å². The van der Waals surface area contributed by atoms with Gasteiger partial charge in [0.05, 0.1) is 18.3 Å². The van der Waals surface area contributed by atoms with Crippen LogP contribution in [0.4, 0.5) is 0 Å². The fourth-order valence-electron chi connectivity index (χ4n) is 1.68. The average Bonchev–Trinajstić information content (AvgIpc) is 2.17. The minimum absolute atomic E-state index is 0.252. The number of morpholine rings is 1. The molecule has 96 valence electrons. The molecule has 4 heteroatoms. The minimum Gasteiger partial charge on any atom is -0.389 e. The highest BCUT2D eigenvalue weighted by Crippen LogP contribution is 2.14. The third-order valence-electron chi connectivity index (χ3n) is 3.44. The lowest BCUT2D eigenvalue weighted by Crippen LogP contribution is -2.48. The van der Waals surface area contributed by atoms with Gasteiger partial charge in [-0.25, -0.2) is 0 Å². The Morgan fingerprint density at radius 1 is 1.56 bits per heavy atom. The van der Waals surface area contributed by atoms with E-state index in [4.69, 9.17) is 4.74 Å². The average molecular weight is 230 g/mol. The molecule has 2 unspecified atom stereocenters. The predicted octanol–water partition coefficient (Wildman–Crippen LogP) is 0.314. The quantitative estimate of drug-likeness (QED) is 0.714. The first-order chi connectivity index (χ1) is 7.42. The van der Waals surface area contributed by atoms with Gasteiger partial charge in [0.25, 0.3) is 0 Å². The van der Waals surface area contributed by atoms with Crippen molar-refractivity contribution in [3.8, 4) is 0 Å². The molecule has 1 saturated heterocycles. The zero-order valence-electron chi connectivity index (χ0n) is 11.0. The van der Waals surface area contributed by atoms with Crippen LogP contribution in [-0.4, -0.2) is 61.5 Å². The molecule has 0 aromatic rings. The van der Waals surface area contributed by atoms with Crippen molar-refractivity contribution in [2.45, 2.75) is 32.5 Å². The molecule has 16 heavy (non-hydrogen) atoms. The topological polar surface area (TPSA) is 44.7 Å². The first-order valence-electron chi connectivity index (χ1n) is 6.15. The number of hydrogen-bond acceptors (Lipinski definition) is 4. The number of nitrogens with zero attached hydrogens (tertiary/aromatic N) is 1. The van der Waals surface area contributed by atoms with Crippen molar-refractivity contribution in [1.82, 2.24) is 10.2 Å². The Morgan fingerprint density at radius 3 is 2.81 bits per heavy atom. The third kappa shape index (κ3) is 4.37. The molecule has 0 aromatic heterocycles. The second-order valence-corrected chi connectivity index (χ2v) is 5.40. The van der Waals surface area contributed by atoms with Gasteiger partial charge in [0.2, 0.25) is 0 Å². The van der Waals surface area contributed by atoms with E-state index >= 15 is 0 Å². The van der Waals surface area contributed by atoms with Crippen LogP contribution in [0.15, 0.2) is 0 Å². The Balaban J connectivity index is 2.20. The summed E-state index contributed by atoms with van der Waals surface area (Å²) in [5, 5.41) is 13.4. The van der Waals surface area contributed by atoms with Crippen LogP contribution in [0.1, 0.15) is 20.8 Å². The van der Waals surface area contributed by atoms with E-state index in [2.05, 4.69) is 17.3 Å². The largest absolute Gasteiger partial charge is 0.389 e. The Morgan fingerprint density at radius 2 is 2.25 bits per heavy atom. The fraction of sp³-hybridized carbons (Fsp3) is 1.00. The van der Waals surface area contributed by atoms with Crippen molar-refractivity contribution in [3.05, 3.63) is 0 Å². The number of likely N-dealkylation sites (N-methyl/N-ethyl adjacent to an activating group) is 1. The van der Waals surface area contributed by atoms with Crippen LogP contribution in [0.25, 0.3) is 0 Å². The molecule has 0 bridgehead atoms. The molecule has 1 fully saturated rings. The monoisotopic (exact) mass is 230 g/mol. The SMILES string of the molecule is CC(C)C(C)(O)CNCC1CN(C)CCO1. The predicted molar refractivity (Wildman–Crippen MR) is 65.6 cm³/mol. The van der Waals surface area contributed by atoms with Gasteiger partial charge in [-0.15, -0.1) is 0 Å².